The van der Waals surface area contributed by atoms with Crippen LogP contribution in [0.5, 0.6) is 5.75 Å². The smallest absolute Gasteiger partial charge is 0.269 e. The highest BCUT2D eigenvalue weighted by Gasteiger charge is 2.13. The van der Waals surface area contributed by atoms with Crippen LogP contribution in [0.2, 0.25) is 10.0 Å². The molecule has 2 rings (SSSR count). The number of aromatic nitrogens is 2. The zero-order valence-corrected chi connectivity index (χ0v) is 13.7. The Morgan fingerprint density at radius 1 is 1.09 bits per heavy atom. The fourth-order valence-electron chi connectivity index (χ4n) is 1.85. The maximum Gasteiger partial charge on any atom is 0.269 e. The molecule has 0 bridgehead atoms. The molecule has 2 aromatic rings. The van der Waals surface area contributed by atoms with Gasteiger partial charge in [-0.25, -0.2) is 9.97 Å². The van der Waals surface area contributed by atoms with Crippen LogP contribution in [0, 0.1) is 13.8 Å². The fourth-order valence-corrected chi connectivity index (χ4v) is 2.49. The van der Waals surface area contributed by atoms with Crippen molar-refractivity contribution in [3.05, 3.63) is 45.2 Å². The lowest BCUT2D eigenvalue weighted by atomic mass is 10.2. The maximum atomic E-state index is 12.1. The largest absolute Gasteiger partial charge is 0.494 e. The van der Waals surface area contributed by atoms with E-state index in [9.17, 15) is 4.79 Å². The molecule has 1 amide bonds. The number of aryl methyl sites for hydroxylation is 2. The summed E-state index contributed by atoms with van der Waals surface area (Å²) >= 11 is 12.0. The minimum Gasteiger partial charge on any atom is -0.494 e. The van der Waals surface area contributed by atoms with Crippen LogP contribution in [0.1, 0.15) is 21.7 Å². The highest BCUT2D eigenvalue weighted by molar-refractivity contribution is 6.37. The minimum absolute atomic E-state index is 0.253. The highest BCUT2D eigenvalue weighted by atomic mass is 35.5. The SMILES string of the molecule is COc1c(Cl)cc(C(=O)NNc2nc(C)cc(C)n2)cc1Cl. The van der Waals surface area contributed by atoms with Crippen LogP contribution in [0.3, 0.4) is 0 Å². The van der Waals surface area contributed by atoms with E-state index < -0.39 is 5.91 Å². The fraction of sp³-hybridized carbons (Fsp3) is 0.214. The molecule has 0 aliphatic carbocycles. The van der Waals surface area contributed by atoms with Crippen molar-refractivity contribution >= 4 is 35.1 Å². The van der Waals surface area contributed by atoms with Crippen molar-refractivity contribution in [3.8, 4) is 5.75 Å². The van der Waals surface area contributed by atoms with Gasteiger partial charge in [0.05, 0.1) is 17.2 Å². The van der Waals surface area contributed by atoms with Gasteiger partial charge in [0.1, 0.15) is 0 Å². The zero-order valence-electron chi connectivity index (χ0n) is 12.2. The lowest BCUT2D eigenvalue weighted by Gasteiger charge is -2.10. The summed E-state index contributed by atoms with van der Waals surface area (Å²) in [7, 11) is 1.45. The van der Waals surface area contributed by atoms with Crippen molar-refractivity contribution < 1.29 is 9.53 Å². The molecule has 2 N–H and O–H groups in total. The minimum atomic E-state index is -0.422. The van der Waals surface area contributed by atoms with E-state index in [1.807, 2.05) is 19.9 Å². The summed E-state index contributed by atoms with van der Waals surface area (Å²) in [5.74, 6) is 0.205. The summed E-state index contributed by atoms with van der Waals surface area (Å²) in [5, 5.41) is 0.505. The van der Waals surface area contributed by atoms with Crippen molar-refractivity contribution in [3.63, 3.8) is 0 Å². The number of benzene rings is 1. The predicted octanol–water partition coefficient (Wildman–Crippen LogP) is 3.17. The molecule has 0 atom stereocenters. The first-order valence-corrected chi connectivity index (χ1v) is 7.08. The molecule has 22 heavy (non-hydrogen) atoms. The maximum absolute atomic E-state index is 12.1. The molecule has 0 spiro atoms. The Labute approximate surface area is 137 Å². The van der Waals surface area contributed by atoms with Gasteiger partial charge >= 0.3 is 0 Å². The summed E-state index contributed by atoms with van der Waals surface area (Å²) in [5.41, 5.74) is 7.01. The van der Waals surface area contributed by atoms with Gasteiger partial charge < -0.3 is 4.74 Å². The summed E-state index contributed by atoms with van der Waals surface area (Å²) in [6, 6.07) is 4.76. The number of rotatable bonds is 4. The number of hydrazine groups is 1. The van der Waals surface area contributed by atoms with Gasteiger partial charge in [0.25, 0.3) is 5.91 Å². The molecule has 0 radical (unpaired) electrons. The number of nitrogens with zero attached hydrogens (tertiary/aromatic N) is 2. The predicted molar refractivity (Wildman–Crippen MR) is 85.6 cm³/mol. The van der Waals surface area contributed by atoms with Gasteiger partial charge in [-0.3, -0.25) is 15.6 Å². The Bertz CT molecular complexity index is 679. The molecule has 1 aromatic carbocycles. The van der Waals surface area contributed by atoms with Crippen molar-refractivity contribution in [2.45, 2.75) is 13.8 Å². The molecular weight excluding hydrogens is 327 g/mol. The average Bonchev–Trinajstić information content (AvgIpc) is 2.43. The van der Waals surface area contributed by atoms with E-state index in [2.05, 4.69) is 20.8 Å². The molecule has 1 heterocycles. The van der Waals surface area contributed by atoms with E-state index in [0.29, 0.717) is 11.7 Å². The van der Waals surface area contributed by atoms with Crippen LogP contribution in [-0.4, -0.2) is 23.0 Å². The van der Waals surface area contributed by atoms with Crippen LogP contribution >= 0.6 is 23.2 Å². The summed E-state index contributed by atoms with van der Waals surface area (Å²) in [6.45, 7) is 3.68. The van der Waals surface area contributed by atoms with E-state index >= 15 is 0 Å². The van der Waals surface area contributed by atoms with Gasteiger partial charge in [0.2, 0.25) is 5.95 Å². The third kappa shape index (κ3) is 3.78. The second-order valence-corrected chi connectivity index (χ2v) is 5.34. The normalized spacial score (nSPS) is 10.2. The van der Waals surface area contributed by atoms with Crippen molar-refractivity contribution in [2.24, 2.45) is 0 Å². The highest BCUT2D eigenvalue weighted by Crippen LogP contribution is 2.33. The molecular formula is C14H14Cl2N4O2. The summed E-state index contributed by atoms with van der Waals surface area (Å²) < 4.78 is 5.03. The van der Waals surface area contributed by atoms with E-state index in [0.717, 1.165) is 11.4 Å². The quantitative estimate of drug-likeness (QED) is 0.836. The number of ether oxygens (including phenoxy) is 1. The summed E-state index contributed by atoms with van der Waals surface area (Å²) in [4.78, 5) is 20.4. The van der Waals surface area contributed by atoms with Crippen LogP contribution in [-0.2, 0) is 0 Å². The van der Waals surface area contributed by atoms with E-state index in [4.69, 9.17) is 27.9 Å². The molecule has 116 valence electrons. The number of methoxy groups -OCH3 is 1. The molecule has 6 nitrogen and oxygen atoms in total. The zero-order chi connectivity index (χ0) is 16.3. The Balaban J connectivity index is 2.12. The lowest BCUT2D eigenvalue weighted by molar-refractivity contribution is 0.0962. The van der Waals surface area contributed by atoms with Gasteiger partial charge in [-0.15, -0.1) is 0 Å². The van der Waals surface area contributed by atoms with E-state index in [1.54, 1.807) is 0 Å². The standard InChI is InChI=1S/C14H14Cl2N4O2/c1-7-4-8(2)18-14(17-7)20-19-13(21)9-5-10(15)12(22-3)11(16)6-9/h4-6H,1-3H3,(H,19,21)(H,17,18,20). The van der Waals surface area contributed by atoms with E-state index in [-0.39, 0.29) is 15.6 Å². The molecule has 0 saturated heterocycles. The molecule has 1 aromatic heterocycles. The van der Waals surface area contributed by atoms with Gasteiger partial charge in [0, 0.05) is 17.0 Å². The number of halogens is 2. The molecule has 8 heteroatoms. The Hall–Kier alpha value is -2.05. The second-order valence-electron chi connectivity index (χ2n) is 4.53. The first kappa shape index (κ1) is 16.3. The van der Waals surface area contributed by atoms with Gasteiger partial charge in [-0.1, -0.05) is 23.2 Å². The number of amides is 1. The van der Waals surface area contributed by atoms with Gasteiger partial charge in [-0.05, 0) is 32.0 Å². The number of anilines is 1. The number of carbonyl (C=O) groups is 1. The van der Waals surface area contributed by atoms with E-state index in [1.165, 1.54) is 19.2 Å². The van der Waals surface area contributed by atoms with Crippen LogP contribution in [0.15, 0.2) is 18.2 Å². The van der Waals surface area contributed by atoms with Crippen LogP contribution < -0.4 is 15.6 Å². The molecule has 0 aliphatic rings. The Kier molecular flexibility index (Phi) is 5.05. The third-order valence-electron chi connectivity index (χ3n) is 2.73. The number of hydrogen-bond donors (Lipinski definition) is 2. The van der Waals surface area contributed by atoms with Crippen LogP contribution in [0.25, 0.3) is 0 Å². The van der Waals surface area contributed by atoms with Crippen molar-refractivity contribution in [1.82, 2.24) is 15.4 Å². The van der Waals surface area contributed by atoms with Crippen LogP contribution in [0.4, 0.5) is 5.95 Å². The van der Waals surface area contributed by atoms with Crippen molar-refractivity contribution in [2.75, 3.05) is 12.5 Å². The average molecular weight is 341 g/mol. The topological polar surface area (TPSA) is 76.1 Å². The third-order valence-corrected chi connectivity index (χ3v) is 3.30. The lowest BCUT2D eigenvalue weighted by Crippen LogP contribution is -2.30. The number of hydrogen-bond acceptors (Lipinski definition) is 5. The second kappa shape index (κ2) is 6.81. The molecule has 0 unspecified atom stereocenters. The monoisotopic (exact) mass is 340 g/mol. The summed E-state index contributed by atoms with van der Waals surface area (Å²) in [6.07, 6.45) is 0. The number of nitrogens with one attached hydrogen (secondary N) is 2. The van der Waals surface area contributed by atoms with Gasteiger partial charge in [0.15, 0.2) is 5.75 Å². The molecule has 0 fully saturated rings. The first-order valence-electron chi connectivity index (χ1n) is 6.32. The Morgan fingerprint density at radius 3 is 2.14 bits per heavy atom. The molecule has 0 aliphatic heterocycles. The van der Waals surface area contributed by atoms with Gasteiger partial charge in [-0.2, -0.15) is 0 Å². The van der Waals surface area contributed by atoms with Crippen molar-refractivity contribution in [1.29, 1.82) is 0 Å². The Morgan fingerprint density at radius 2 is 1.64 bits per heavy atom. The number of carbonyl (C=O) groups excluding carboxylic acids is 1. The molecule has 0 saturated carbocycles. The first-order chi connectivity index (χ1) is 10.4.